The van der Waals surface area contributed by atoms with Gasteiger partial charge in [-0.2, -0.15) is 0 Å². The molecule has 0 saturated carbocycles. The van der Waals surface area contributed by atoms with Crippen LogP contribution in [0.2, 0.25) is 0 Å². The highest BCUT2D eigenvalue weighted by atomic mass is 35.5. The van der Waals surface area contributed by atoms with Crippen LogP contribution in [0.4, 0.5) is 4.79 Å². The molecule has 0 radical (unpaired) electrons. The van der Waals surface area contributed by atoms with Crippen molar-refractivity contribution in [1.29, 1.82) is 0 Å². The van der Waals surface area contributed by atoms with Gasteiger partial charge in [0.1, 0.15) is 12.1 Å². The molecule has 1 aliphatic rings. The molecule has 1 fully saturated rings. The quantitative estimate of drug-likeness (QED) is 0.572. The van der Waals surface area contributed by atoms with Crippen LogP contribution in [-0.4, -0.2) is 41.4 Å². The molecule has 1 heterocycles. The number of halogens is 1. The monoisotopic (exact) mass is 410 g/mol. The number of rotatable bonds is 8. The maximum atomic E-state index is 12.5. The van der Waals surface area contributed by atoms with E-state index in [1.54, 1.807) is 0 Å². The highest BCUT2D eigenvalue weighted by molar-refractivity contribution is 6.08. The summed E-state index contributed by atoms with van der Waals surface area (Å²) in [6, 6.07) is 7.10. The topological polar surface area (TPSA) is 105 Å². The van der Waals surface area contributed by atoms with Crippen molar-refractivity contribution < 1.29 is 14.4 Å². The van der Waals surface area contributed by atoms with E-state index in [0.717, 1.165) is 10.5 Å². The molecule has 1 aromatic rings. The molecule has 0 bridgehead atoms. The van der Waals surface area contributed by atoms with Gasteiger partial charge < -0.3 is 16.4 Å². The Kier molecular flexibility index (Phi) is 8.45. The fourth-order valence-electron chi connectivity index (χ4n) is 3.22. The number of benzene rings is 1. The third-order valence-electron chi connectivity index (χ3n) is 5.31. The molecule has 0 spiro atoms. The first-order valence-electron chi connectivity index (χ1n) is 9.50. The lowest BCUT2D eigenvalue weighted by Crippen LogP contribution is -2.47. The first-order valence-corrected chi connectivity index (χ1v) is 9.50. The molecule has 4 amide bonds. The lowest BCUT2D eigenvalue weighted by Gasteiger charge is -2.23. The second-order valence-corrected chi connectivity index (χ2v) is 7.34. The van der Waals surface area contributed by atoms with E-state index >= 15 is 0 Å². The molecule has 156 valence electrons. The van der Waals surface area contributed by atoms with E-state index in [1.807, 2.05) is 38.1 Å². The van der Waals surface area contributed by atoms with Crippen LogP contribution in [0.5, 0.6) is 0 Å². The normalized spacial score (nSPS) is 16.6. The van der Waals surface area contributed by atoms with Crippen LogP contribution in [0.3, 0.4) is 0 Å². The molecule has 1 aliphatic heterocycles. The lowest BCUT2D eigenvalue weighted by atomic mass is 9.93. The fourth-order valence-corrected chi connectivity index (χ4v) is 3.22. The molecule has 1 unspecified atom stereocenters. The molecule has 0 aliphatic carbocycles. The molecule has 2 rings (SSSR count). The lowest BCUT2D eigenvalue weighted by molar-refractivity contribution is -0.135. The van der Waals surface area contributed by atoms with Crippen molar-refractivity contribution in [3.63, 3.8) is 0 Å². The summed E-state index contributed by atoms with van der Waals surface area (Å²) in [5, 5.41) is 5.42. The van der Waals surface area contributed by atoms with Crippen LogP contribution in [0, 0.1) is 0 Å². The van der Waals surface area contributed by atoms with Gasteiger partial charge in [0.05, 0.1) is 0 Å². The SMILES string of the molecule is CCC1(CC)NC(=O)N(CC(=O)NCC(N)c2ccc(C(C)C)cc2)C1=O.Cl. The predicted molar refractivity (Wildman–Crippen MR) is 111 cm³/mol. The Balaban J connectivity index is 0.00000392. The van der Waals surface area contributed by atoms with Crippen LogP contribution >= 0.6 is 12.4 Å². The van der Waals surface area contributed by atoms with Gasteiger partial charge in [-0.15, -0.1) is 12.4 Å². The zero-order chi connectivity index (χ0) is 20.2. The Labute approximate surface area is 172 Å². The molecule has 7 nitrogen and oxygen atoms in total. The summed E-state index contributed by atoms with van der Waals surface area (Å²) in [6.07, 6.45) is 0.979. The van der Waals surface area contributed by atoms with Gasteiger partial charge in [0.25, 0.3) is 5.91 Å². The van der Waals surface area contributed by atoms with Crippen LogP contribution in [0.1, 0.15) is 63.6 Å². The van der Waals surface area contributed by atoms with E-state index in [-0.39, 0.29) is 37.4 Å². The Morgan fingerprint density at radius 2 is 1.68 bits per heavy atom. The summed E-state index contributed by atoms with van der Waals surface area (Å²) >= 11 is 0. The first-order chi connectivity index (χ1) is 12.7. The van der Waals surface area contributed by atoms with E-state index in [1.165, 1.54) is 5.56 Å². The van der Waals surface area contributed by atoms with Gasteiger partial charge in [0.2, 0.25) is 5.91 Å². The maximum absolute atomic E-state index is 12.5. The van der Waals surface area contributed by atoms with Gasteiger partial charge in [-0.1, -0.05) is 52.0 Å². The number of hydrogen-bond acceptors (Lipinski definition) is 4. The number of carbonyl (C=O) groups excluding carboxylic acids is 3. The van der Waals surface area contributed by atoms with Crippen molar-refractivity contribution in [2.75, 3.05) is 13.1 Å². The van der Waals surface area contributed by atoms with E-state index in [0.29, 0.717) is 18.8 Å². The highest BCUT2D eigenvalue weighted by Crippen LogP contribution is 2.24. The standard InChI is InChI=1S/C20H30N4O3.ClH/c1-5-20(6-2)18(26)24(19(27)23-20)12-17(25)22-11-16(21)15-9-7-14(8-10-15)13(3)4;/h7-10,13,16H,5-6,11-12,21H2,1-4H3,(H,22,25)(H,23,27);1H. The summed E-state index contributed by atoms with van der Waals surface area (Å²) in [5.41, 5.74) is 7.39. The predicted octanol–water partition coefficient (Wildman–Crippen LogP) is 2.46. The molecule has 1 saturated heterocycles. The minimum Gasteiger partial charge on any atom is -0.353 e. The summed E-state index contributed by atoms with van der Waals surface area (Å²) in [7, 11) is 0. The Morgan fingerprint density at radius 3 is 2.14 bits per heavy atom. The number of nitrogens with two attached hydrogens (primary N) is 1. The number of nitrogens with zero attached hydrogens (tertiary/aromatic N) is 1. The van der Waals surface area contributed by atoms with E-state index in [2.05, 4.69) is 24.5 Å². The molecule has 8 heteroatoms. The van der Waals surface area contributed by atoms with Crippen molar-refractivity contribution in [3.05, 3.63) is 35.4 Å². The summed E-state index contributed by atoms with van der Waals surface area (Å²) < 4.78 is 0. The van der Waals surface area contributed by atoms with Gasteiger partial charge >= 0.3 is 6.03 Å². The maximum Gasteiger partial charge on any atom is 0.325 e. The number of urea groups is 1. The van der Waals surface area contributed by atoms with Gasteiger partial charge in [-0.05, 0) is 29.9 Å². The average molecular weight is 411 g/mol. The number of hydrogen-bond donors (Lipinski definition) is 3. The van der Waals surface area contributed by atoms with Crippen molar-refractivity contribution >= 4 is 30.3 Å². The highest BCUT2D eigenvalue weighted by Gasteiger charge is 2.49. The van der Waals surface area contributed by atoms with E-state index in [9.17, 15) is 14.4 Å². The number of amides is 4. The number of nitrogens with one attached hydrogen (secondary N) is 2. The van der Waals surface area contributed by atoms with Gasteiger partial charge in [-0.25, -0.2) is 4.79 Å². The molecular formula is C20H31ClN4O3. The number of imide groups is 1. The third-order valence-corrected chi connectivity index (χ3v) is 5.31. The van der Waals surface area contributed by atoms with Gasteiger partial charge in [-0.3, -0.25) is 14.5 Å². The first kappa shape index (κ1) is 23.9. The van der Waals surface area contributed by atoms with Crippen molar-refractivity contribution in [3.8, 4) is 0 Å². The van der Waals surface area contributed by atoms with Crippen LogP contribution in [0.25, 0.3) is 0 Å². The Morgan fingerprint density at radius 1 is 1.14 bits per heavy atom. The second-order valence-electron chi connectivity index (χ2n) is 7.34. The zero-order valence-corrected chi connectivity index (χ0v) is 17.8. The van der Waals surface area contributed by atoms with Crippen LogP contribution < -0.4 is 16.4 Å². The summed E-state index contributed by atoms with van der Waals surface area (Å²) in [6.45, 7) is 7.86. The second kappa shape index (κ2) is 9.89. The smallest absolute Gasteiger partial charge is 0.325 e. The third kappa shape index (κ3) is 5.02. The zero-order valence-electron chi connectivity index (χ0n) is 17.0. The van der Waals surface area contributed by atoms with Crippen LogP contribution in [0.15, 0.2) is 24.3 Å². The Bertz CT molecular complexity index is 702. The van der Waals surface area contributed by atoms with E-state index in [4.69, 9.17) is 5.73 Å². The molecule has 0 aromatic heterocycles. The molecular weight excluding hydrogens is 380 g/mol. The van der Waals surface area contributed by atoms with Crippen molar-refractivity contribution in [2.24, 2.45) is 5.73 Å². The minimum absolute atomic E-state index is 0. The summed E-state index contributed by atoms with van der Waals surface area (Å²) in [4.78, 5) is 37.8. The van der Waals surface area contributed by atoms with Gasteiger partial charge in [0.15, 0.2) is 0 Å². The molecule has 1 atom stereocenters. The molecule has 1 aromatic carbocycles. The number of carbonyl (C=O) groups is 3. The molecule has 4 N–H and O–H groups in total. The minimum atomic E-state index is -0.897. The molecule has 28 heavy (non-hydrogen) atoms. The summed E-state index contributed by atoms with van der Waals surface area (Å²) in [5.74, 6) is -0.311. The van der Waals surface area contributed by atoms with Crippen molar-refractivity contribution in [2.45, 2.75) is 58.0 Å². The van der Waals surface area contributed by atoms with Crippen LogP contribution in [-0.2, 0) is 9.59 Å². The Hall–Kier alpha value is -2.12. The van der Waals surface area contributed by atoms with E-state index < -0.39 is 17.5 Å². The van der Waals surface area contributed by atoms with Gasteiger partial charge in [0, 0.05) is 12.6 Å². The largest absolute Gasteiger partial charge is 0.353 e. The average Bonchev–Trinajstić information content (AvgIpc) is 2.90. The fraction of sp³-hybridized carbons (Fsp3) is 0.550. The van der Waals surface area contributed by atoms with Crippen molar-refractivity contribution in [1.82, 2.24) is 15.5 Å².